The van der Waals surface area contributed by atoms with E-state index in [0.717, 1.165) is 36.0 Å². The van der Waals surface area contributed by atoms with Gasteiger partial charge in [-0.05, 0) is 43.5 Å². The van der Waals surface area contributed by atoms with Crippen LogP contribution in [0.15, 0.2) is 48.5 Å². The second-order valence-corrected chi connectivity index (χ2v) is 6.52. The summed E-state index contributed by atoms with van der Waals surface area (Å²) in [6.45, 7) is 7.86. The number of rotatable bonds is 10. The van der Waals surface area contributed by atoms with E-state index in [0.29, 0.717) is 12.5 Å². The summed E-state index contributed by atoms with van der Waals surface area (Å²) in [5, 5.41) is 3.40. The van der Waals surface area contributed by atoms with Crippen LogP contribution >= 0.6 is 0 Å². The number of methoxy groups -OCH3 is 1. The van der Waals surface area contributed by atoms with Gasteiger partial charge in [0, 0.05) is 11.8 Å². The maximum absolute atomic E-state index is 5.96. The Morgan fingerprint density at radius 1 is 0.960 bits per heavy atom. The number of hydrogen-bond acceptors (Lipinski definition) is 4. The van der Waals surface area contributed by atoms with Gasteiger partial charge >= 0.3 is 0 Å². The summed E-state index contributed by atoms with van der Waals surface area (Å²) in [6.07, 6.45) is 1.06. The molecule has 2 aromatic carbocycles. The number of hydrogen-bond donors (Lipinski definition) is 1. The van der Waals surface area contributed by atoms with E-state index in [1.807, 2.05) is 55.5 Å². The zero-order chi connectivity index (χ0) is 18.1. The normalized spacial score (nSPS) is 11.9. The van der Waals surface area contributed by atoms with E-state index in [9.17, 15) is 0 Å². The summed E-state index contributed by atoms with van der Waals surface area (Å²) < 4.78 is 17.1. The third-order valence-corrected chi connectivity index (χ3v) is 3.79. The molecule has 1 atom stereocenters. The molecule has 2 rings (SSSR count). The standard InChI is InChI=1S/C21H29NO3/c1-16(2)12-13-24-19-9-7-8-18(14-19)22-15-17(3)25-21-11-6-5-10-20(21)23-4/h5-11,14,16-17,22H,12-13,15H2,1-4H3. The van der Waals surface area contributed by atoms with E-state index >= 15 is 0 Å². The van der Waals surface area contributed by atoms with Crippen LogP contribution in [-0.4, -0.2) is 26.4 Å². The molecule has 0 spiro atoms. The van der Waals surface area contributed by atoms with Crippen LogP contribution < -0.4 is 19.5 Å². The third-order valence-electron chi connectivity index (χ3n) is 3.79. The molecule has 0 aliphatic rings. The quantitative estimate of drug-likeness (QED) is 0.659. The molecule has 0 aliphatic carbocycles. The van der Waals surface area contributed by atoms with Gasteiger partial charge in [-0.25, -0.2) is 0 Å². The van der Waals surface area contributed by atoms with Gasteiger partial charge in [0.2, 0.25) is 0 Å². The molecule has 136 valence electrons. The third kappa shape index (κ3) is 6.57. The lowest BCUT2D eigenvalue weighted by atomic mass is 10.1. The Balaban J connectivity index is 1.84. The minimum Gasteiger partial charge on any atom is -0.494 e. The summed E-state index contributed by atoms with van der Waals surface area (Å²) in [4.78, 5) is 0. The highest BCUT2D eigenvalue weighted by Gasteiger charge is 2.08. The molecule has 25 heavy (non-hydrogen) atoms. The van der Waals surface area contributed by atoms with Crippen LogP contribution in [0.2, 0.25) is 0 Å². The van der Waals surface area contributed by atoms with Crippen LogP contribution in [0.5, 0.6) is 17.2 Å². The molecule has 0 fully saturated rings. The van der Waals surface area contributed by atoms with E-state index in [4.69, 9.17) is 14.2 Å². The van der Waals surface area contributed by atoms with Gasteiger partial charge in [-0.3, -0.25) is 0 Å². The zero-order valence-electron chi connectivity index (χ0n) is 15.6. The SMILES string of the molecule is COc1ccccc1OC(C)CNc1cccc(OCCC(C)C)c1. The molecule has 0 radical (unpaired) electrons. The fourth-order valence-electron chi connectivity index (χ4n) is 2.34. The topological polar surface area (TPSA) is 39.7 Å². The summed E-state index contributed by atoms with van der Waals surface area (Å²) in [5.41, 5.74) is 1.03. The first-order chi connectivity index (χ1) is 12.1. The molecule has 0 aromatic heterocycles. The maximum atomic E-state index is 5.96. The van der Waals surface area contributed by atoms with Crippen molar-refractivity contribution >= 4 is 5.69 Å². The Labute approximate surface area is 151 Å². The first kappa shape index (κ1) is 19.0. The van der Waals surface area contributed by atoms with Crippen molar-refractivity contribution in [2.75, 3.05) is 25.6 Å². The predicted octanol–water partition coefficient (Wildman–Crippen LogP) is 5.00. The predicted molar refractivity (Wildman–Crippen MR) is 103 cm³/mol. The van der Waals surface area contributed by atoms with Crippen LogP contribution in [0.3, 0.4) is 0 Å². The van der Waals surface area contributed by atoms with Crippen LogP contribution in [0, 0.1) is 5.92 Å². The van der Waals surface area contributed by atoms with Gasteiger partial charge in [0.1, 0.15) is 11.9 Å². The first-order valence-corrected chi connectivity index (χ1v) is 8.85. The molecular weight excluding hydrogens is 314 g/mol. The van der Waals surface area contributed by atoms with Gasteiger partial charge in [0.05, 0.1) is 20.3 Å². The fraction of sp³-hybridized carbons (Fsp3) is 0.429. The Morgan fingerprint density at radius 3 is 2.44 bits per heavy atom. The molecule has 0 bridgehead atoms. The summed E-state index contributed by atoms with van der Waals surface area (Å²) in [7, 11) is 1.65. The molecule has 0 heterocycles. The molecular formula is C21H29NO3. The van der Waals surface area contributed by atoms with Crippen molar-refractivity contribution in [2.24, 2.45) is 5.92 Å². The molecule has 2 aromatic rings. The Hall–Kier alpha value is -2.36. The lowest BCUT2D eigenvalue weighted by Crippen LogP contribution is -2.22. The number of ether oxygens (including phenoxy) is 3. The first-order valence-electron chi connectivity index (χ1n) is 8.85. The van der Waals surface area contributed by atoms with Crippen molar-refractivity contribution in [3.8, 4) is 17.2 Å². The highest BCUT2D eigenvalue weighted by molar-refractivity contribution is 5.48. The lowest BCUT2D eigenvalue weighted by molar-refractivity contribution is 0.223. The molecule has 0 saturated carbocycles. The molecule has 4 nitrogen and oxygen atoms in total. The van der Waals surface area contributed by atoms with Crippen LogP contribution in [0.1, 0.15) is 27.2 Å². The van der Waals surface area contributed by atoms with Crippen molar-refractivity contribution < 1.29 is 14.2 Å². The Morgan fingerprint density at radius 2 is 1.72 bits per heavy atom. The largest absolute Gasteiger partial charge is 0.494 e. The van der Waals surface area contributed by atoms with Gasteiger partial charge in [-0.15, -0.1) is 0 Å². The molecule has 0 amide bonds. The Kier molecular flexibility index (Phi) is 7.45. The molecule has 1 N–H and O–H groups in total. The van der Waals surface area contributed by atoms with Gasteiger partial charge in [0.25, 0.3) is 0 Å². The monoisotopic (exact) mass is 343 g/mol. The van der Waals surface area contributed by atoms with Crippen molar-refractivity contribution in [3.05, 3.63) is 48.5 Å². The molecule has 0 aliphatic heterocycles. The van der Waals surface area contributed by atoms with E-state index in [1.54, 1.807) is 7.11 Å². The van der Waals surface area contributed by atoms with Gasteiger partial charge in [-0.1, -0.05) is 32.0 Å². The number of para-hydroxylation sites is 2. The highest BCUT2D eigenvalue weighted by Crippen LogP contribution is 2.27. The van der Waals surface area contributed by atoms with E-state index in [-0.39, 0.29) is 6.10 Å². The summed E-state index contributed by atoms with van der Waals surface area (Å²) >= 11 is 0. The average molecular weight is 343 g/mol. The average Bonchev–Trinajstić information content (AvgIpc) is 2.60. The zero-order valence-corrected chi connectivity index (χ0v) is 15.6. The van der Waals surface area contributed by atoms with Crippen molar-refractivity contribution in [1.82, 2.24) is 0 Å². The van der Waals surface area contributed by atoms with Crippen LogP contribution in [-0.2, 0) is 0 Å². The summed E-state index contributed by atoms with van der Waals surface area (Å²) in [6, 6.07) is 15.7. The number of benzene rings is 2. The second kappa shape index (κ2) is 9.82. The molecule has 1 unspecified atom stereocenters. The number of anilines is 1. The van der Waals surface area contributed by atoms with Crippen LogP contribution in [0.4, 0.5) is 5.69 Å². The molecule has 4 heteroatoms. The van der Waals surface area contributed by atoms with E-state index < -0.39 is 0 Å². The minimum absolute atomic E-state index is 0.00168. The molecule has 0 saturated heterocycles. The van der Waals surface area contributed by atoms with Crippen LogP contribution in [0.25, 0.3) is 0 Å². The van der Waals surface area contributed by atoms with Gasteiger partial charge in [0.15, 0.2) is 11.5 Å². The van der Waals surface area contributed by atoms with Gasteiger partial charge in [-0.2, -0.15) is 0 Å². The highest BCUT2D eigenvalue weighted by atomic mass is 16.5. The van der Waals surface area contributed by atoms with Crippen molar-refractivity contribution in [1.29, 1.82) is 0 Å². The lowest BCUT2D eigenvalue weighted by Gasteiger charge is -2.18. The fourth-order valence-corrected chi connectivity index (χ4v) is 2.34. The van der Waals surface area contributed by atoms with Gasteiger partial charge < -0.3 is 19.5 Å². The Bertz CT molecular complexity index is 643. The van der Waals surface area contributed by atoms with E-state index in [2.05, 4.69) is 19.2 Å². The maximum Gasteiger partial charge on any atom is 0.161 e. The minimum atomic E-state index is 0.00168. The summed E-state index contributed by atoms with van der Waals surface area (Å²) in [5.74, 6) is 3.04. The number of nitrogens with one attached hydrogen (secondary N) is 1. The van der Waals surface area contributed by atoms with Crippen molar-refractivity contribution in [2.45, 2.75) is 33.3 Å². The van der Waals surface area contributed by atoms with Crippen molar-refractivity contribution in [3.63, 3.8) is 0 Å². The second-order valence-electron chi connectivity index (χ2n) is 6.52. The van der Waals surface area contributed by atoms with E-state index in [1.165, 1.54) is 0 Å². The smallest absolute Gasteiger partial charge is 0.161 e.